The number of hydrogen-bond acceptors (Lipinski definition) is 4. The van der Waals surface area contributed by atoms with Crippen molar-refractivity contribution in [3.63, 3.8) is 0 Å². The molecule has 0 N–H and O–H groups in total. The molecule has 0 aliphatic heterocycles. The van der Waals surface area contributed by atoms with Crippen molar-refractivity contribution >= 4 is 74.7 Å². The van der Waals surface area contributed by atoms with Gasteiger partial charge in [0.05, 0.1) is 22.6 Å². The van der Waals surface area contributed by atoms with E-state index in [1.165, 1.54) is 41.7 Å². The Morgan fingerprint density at radius 3 is 1.68 bits per heavy atom. The Kier molecular flexibility index (Phi) is 7.72. The van der Waals surface area contributed by atoms with E-state index in [1.54, 1.807) is 0 Å². The molecule has 274 valence electrons. The first-order valence-electron chi connectivity index (χ1n) is 19.9. The van der Waals surface area contributed by atoms with Crippen LogP contribution in [0.3, 0.4) is 0 Å². The second-order valence-corrected chi connectivity index (χ2v) is 16.1. The lowest BCUT2D eigenvalue weighted by Crippen LogP contribution is -2.01. The molecule has 0 unspecified atom stereocenters. The van der Waals surface area contributed by atoms with Gasteiger partial charge in [-0.2, -0.15) is 0 Å². The Hall–Kier alpha value is -7.53. The number of aromatic nitrogens is 3. The van der Waals surface area contributed by atoms with Gasteiger partial charge in [0, 0.05) is 64.1 Å². The smallest absolute Gasteiger partial charge is 0.161 e. The van der Waals surface area contributed by atoms with Gasteiger partial charge in [0.1, 0.15) is 0 Å². The summed E-state index contributed by atoms with van der Waals surface area (Å²) in [5, 5.41) is 10.8. The molecule has 12 rings (SSSR count). The van der Waals surface area contributed by atoms with Crippen LogP contribution in [0.5, 0.6) is 0 Å². The minimum Gasteiger partial charge on any atom is -0.247 e. The van der Waals surface area contributed by atoms with Gasteiger partial charge in [0.2, 0.25) is 0 Å². The van der Waals surface area contributed by atoms with E-state index in [9.17, 15) is 0 Å². The van der Waals surface area contributed by atoms with Crippen LogP contribution in [0.1, 0.15) is 0 Å². The SMILES string of the molecule is c1ccc(-c2nc(-c3cc4ccccc4c4ccccc34)nc(-c3ccccc3)c2-c2cccc(-c3nc4ccccc4c4c3ccc3c5ccccc5sc34)c2)cc1. The number of nitrogens with zero attached hydrogens (tertiary/aromatic N) is 3. The molecule has 3 nitrogen and oxygen atoms in total. The van der Waals surface area contributed by atoms with E-state index in [0.717, 1.165) is 72.1 Å². The van der Waals surface area contributed by atoms with Crippen LogP contribution in [-0.4, -0.2) is 15.0 Å². The molecule has 0 bridgehead atoms. The summed E-state index contributed by atoms with van der Waals surface area (Å²) in [5.41, 5.74) is 9.82. The zero-order valence-electron chi connectivity index (χ0n) is 31.8. The first-order chi connectivity index (χ1) is 29.3. The van der Waals surface area contributed by atoms with E-state index in [2.05, 4.69) is 200 Å². The summed E-state index contributed by atoms with van der Waals surface area (Å²) in [6, 6.07) is 71.2. The summed E-state index contributed by atoms with van der Waals surface area (Å²) in [5.74, 6) is 0.694. The molecule has 0 saturated heterocycles. The van der Waals surface area contributed by atoms with E-state index in [1.807, 2.05) is 11.3 Å². The van der Waals surface area contributed by atoms with Crippen LogP contribution in [-0.2, 0) is 0 Å². The number of pyridine rings is 1. The largest absolute Gasteiger partial charge is 0.247 e. The van der Waals surface area contributed by atoms with Crippen LogP contribution in [0.15, 0.2) is 200 Å². The Bertz CT molecular complexity index is 3550. The van der Waals surface area contributed by atoms with Gasteiger partial charge in [-0.3, -0.25) is 0 Å². The molecule has 0 aliphatic rings. The molecule has 0 saturated carbocycles. The molecule has 0 atom stereocenters. The van der Waals surface area contributed by atoms with E-state index in [-0.39, 0.29) is 0 Å². The van der Waals surface area contributed by atoms with Crippen LogP contribution in [0.25, 0.3) is 120 Å². The van der Waals surface area contributed by atoms with Gasteiger partial charge in [0.25, 0.3) is 0 Å². The predicted molar refractivity (Wildman–Crippen MR) is 250 cm³/mol. The highest BCUT2D eigenvalue weighted by Crippen LogP contribution is 2.46. The highest BCUT2D eigenvalue weighted by atomic mass is 32.1. The number of fused-ring (bicyclic) bond motifs is 10. The summed E-state index contributed by atoms with van der Waals surface area (Å²) in [7, 11) is 0. The Morgan fingerprint density at radius 1 is 0.339 bits per heavy atom. The summed E-state index contributed by atoms with van der Waals surface area (Å²) in [4.78, 5) is 16.5. The maximum Gasteiger partial charge on any atom is 0.161 e. The van der Waals surface area contributed by atoms with Crippen molar-refractivity contribution < 1.29 is 0 Å². The maximum absolute atomic E-state index is 5.56. The molecular formula is C55H33N3S. The fourth-order valence-electron chi connectivity index (χ4n) is 8.96. The fourth-order valence-corrected chi connectivity index (χ4v) is 10.2. The zero-order chi connectivity index (χ0) is 38.9. The lowest BCUT2D eigenvalue weighted by atomic mass is 9.91. The van der Waals surface area contributed by atoms with E-state index in [0.29, 0.717) is 5.82 Å². The number of hydrogen-bond donors (Lipinski definition) is 0. The maximum atomic E-state index is 5.56. The average molecular weight is 768 g/mol. The average Bonchev–Trinajstić information content (AvgIpc) is 3.70. The predicted octanol–water partition coefficient (Wildman–Crippen LogP) is 15.2. The third kappa shape index (κ3) is 5.45. The van der Waals surface area contributed by atoms with Crippen LogP contribution in [0.4, 0.5) is 0 Å². The lowest BCUT2D eigenvalue weighted by Gasteiger charge is -2.19. The van der Waals surface area contributed by atoms with Crippen LogP contribution in [0, 0.1) is 0 Å². The quantitative estimate of drug-likeness (QED) is 0.164. The van der Waals surface area contributed by atoms with E-state index in [4.69, 9.17) is 15.0 Å². The van der Waals surface area contributed by atoms with Crippen molar-refractivity contribution in [3.8, 4) is 56.3 Å². The van der Waals surface area contributed by atoms with Gasteiger partial charge < -0.3 is 0 Å². The Balaban J connectivity index is 1.14. The van der Waals surface area contributed by atoms with E-state index < -0.39 is 0 Å². The molecule has 9 aromatic carbocycles. The number of benzene rings is 9. The van der Waals surface area contributed by atoms with Crippen LogP contribution in [0.2, 0.25) is 0 Å². The third-order valence-corrected chi connectivity index (χ3v) is 12.8. The van der Waals surface area contributed by atoms with Crippen molar-refractivity contribution in [3.05, 3.63) is 200 Å². The monoisotopic (exact) mass is 767 g/mol. The van der Waals surface area contributed by atoms with Gasteiger partial charge in [-0.1, -0.05) is 176 Å². The molecule has 0 radical (unpaired) electrons. The van der Waals surface area contributed by atoms with Crippen molar-refractivity contribution in [2.24, 2.45) is 0 Å². The molecule has 3 heterocycles. The third-order valence-electron chi connectivity index (χ3n) is 11.6. The lowest BCUT2D eigenvalue weighted by molar-refractivity contribution is 1.19. The summed E-state index contributed by atoms with van der Waals surface area (Å²) in [6.07, 6.45) is 0. The van der Waals surface area contributed by atoms with Crippen LogP contribution < -0.4 is 0 Å². The van der Waals surface area contributed by atoms with Crippen molar-refractivity contribution in [2.75, 3.05) is 0 Å². The van der Waals surface area contributed by atoms with Gasteiger partial charge in [0.15, 0.2) is 5.82 Å². The van der Waals surface area contributed by atoms with E-state index >= 15 is 0 Å². The van der Waals surface area contributed by atoms with Gasteiger partial charge in [-0.25, -0.2) is 15.0 Å². The number of para-hydroxylation sites is 1. The van der Waals surface area contributed by atoms with Gasteiger partial charge >= 0.3 is 0 Å². The second kappa shape index (κ2) is 13.6. The zero-order valence-corrected chi connectivity index (χ0v) is 32.6. The number of thiophene rings is 1. The van der Waals surface area contributed by atoms with Gasteiger partial charge in [-0.15, -0.1) is 11.3 Å². The summed E-state index contributed by atoms with van der Waals surface area (Å²) < 4.78 is 2.59. The Labute approximate surface area is 344 Å². The number of rotatable bonds is 5. The molecular weight excluding hydrogens is 735 g/mol. The summed E-state index contributed by atoms with van der Waals surface area (Å²) in [6.45, 7) is 0. The summed E-state index contributed by atoms with van der Waals surface area (Å²) >= 11 is 1.87. The normalized spacial score (nSPS) is 11.7. The molecule has 0 spiro atoms. The van der Waals surface area contributed by atoms with Crippen LogP contribution >= 0.6 is 11.3 Å². The molecule has 4 heteroatoms. The van der Waals surface area contributed by atoms with Crippen molar-refractivity contribution in [2.45, 2.75) is 0 Å². The molecule has 0 aliphatic carbocycles. The molecule has 3 aromatic heterocycles. The highest BCUT2D eigenvalue weighted by molar-refractivity contribution is 7.26. The van der Waals surface area contributed by atoms with Crippen molar-refractivity contribution in [1.29, 1.82) is 0 Å². The molecule has 59 heavy (non-hydrogen) atoms. The first-order valence-corrected chi connectivity index (χ1v) is 20.8. The topological polar surface area (TPSA) is 38.7 Å². The first kappa shape index (κ1) is 33.6. The standard InChI is InChI=1S/C55H33N3S/c1-3-16-34(17-4-1)52-49(53(35-18-5-2-6-19-35)58-55(57-52)46-33-36-20-7-8-23-39(36)40-24-9-10-25-41(40)46)37-21-15-22-38(32-37)51-45-31-30-43-42-26-12-14-29-48(42)59-54(43)50(45)44-27-11-13-28-47(44)56-51/h1-33H. The minimum absolute atomic E-state index is 0.694. The second-order valence-electron chi connectivity index (χ2n) is 15.1. The Morgan fingerprint density at radius 2 is 0.915 bits per heavy atom. The van der Waals surface area contributed by atoms with Gasteiger partial charge in [-0.05, 0) is 51.4 Å². The van der Waals surface area contributed by atoms with Crippen molar-refractivity contribution in [1.82, 2.24) is 15.0 Å². The molecule has 0 fully saturated rings. The minimum atomic E-state index is 0.694. The molecule has 12 aromatic rings. The fraction of sp³-hybridized carbons (Fsp3) is 0. The molecule has 0 amide bonds. The highest BCUT2D eigenvalue weighted by Gasteiger charge is 2.23.